The van der Waals surface area contributed by atoms with Crippen LogP contribution in [0.15, 0.2) is 18.3 Å². The van der Waals surface area contributed by atoms with Gasteiger partial charge in [-0.05, 0) is 23.8 Å². The van der Waals surface area contributed by atoms with Crippen LogP contribution in [0.5, 0.6) is 0 Å². The number of amides is 1. The first-order valence-electron chi connectivity index (χ1n) is 4.85. The van der Waals surface area contributed by atoms with E-state index < -0.39 is 0 Å². The average molecular weight is 256 g/mol. The summed E-state index contributed by atoms with van der Waals surface area (Å²) in [6.45, 7) is 1.06. The van der Waals surface area contributed by atoms with E-state index in [9.17, 15) is 4.79 Å². The van der Waals surface area contributed by atoms with Gasteiger partial charge in [0.1, 0.15) is 5.15 Å². The number of pyridine rings is 1. The van der Waals surface area contributed by atoms with Gasteiger partial charge in [0, 0.05) is 19.2 Å². The number of aromatic nitrogens is 1. The van der Waals surface area contributed by atoms with Crippen LogP contribution in [-0.4, -0.2) is 27.4 Å². The molecule has 6 heteroatoms. The number of nitrogens with zero attached hydrogens (tertiary/aromatic N) is 2. The molecule has 16 heavy (non-hydrogen) atoms. The number of carbonyl (C=O) groups is 1. The van der Waals surface area contributed by atoms with Crippen LogP contribution < -0.4 is 5.32 Å². The standard InChI is InChI=1S/C10H10ClN3OS/c11-8-2-1-7(5-13-8)6-14-9(15)3-4-12-10(14)16/h1-2,5H,3-4,6H2,(H,12,16). The van der Waals surface area contributed by atoms with Crippen molar-refractivity contribution in [3.8, 4) is 0 Å². The molecule has 1 saturated heterocycles. The lowest BCUT2D eigenvalue weighted by Crippen LogP contribution is -2.49. The zero-order valence-corrected chi connectivity index (χ0v) is 10.0. The maximum atomic E-state index is 11.6. The summed E-state index contributed by atoms with van der Waals surface area (Å²) in [5.41, 5.74) is 0.906. The molecule has 1 amide bonds. The topological polar surface area (TPSA) is 45.2 Å². The number of carbonyl (C=O) groups excluding carboxylic acids is 1. The van der Waals surface area contributed by atoms with Gasteiger partial charge in [-0.25, -0.2) is 4.98 Å². The van der Waals surface area contributed by atoms with Gasteiger partial charge in [0.05, 0.1) is 6.54 Å². The second-order valence-electron chi connectivity index (χ2n) is 3.45. The molecule has 1 aromatic heterocycles. The van der Waals surface area contributed by atoms with Gasteiger partial charge in [0.15, 0.2) is 5.11 Å². The zero-order chi connectivity index (χ0) is 11.5. The van der Waals surface area contributed by atoms with Crippen LogP contribution >= 0.6 is 23.8 Å². The Bertz CT molecular complexity index is 405. The van der Waals surface area contributed by atoms with Crippen molar-refractivity contribution >= 4 is 34.8 Å². The van der Waals surface area contributed by atoms with Gasteiger partial charge in [-0.2, -0.15) is 0 Å². The van der Waals surface area contributed by atoms with Crippen molar-refractivity contribution in [2.45, 2.75) is 13.0 Å². The maximum absolute atomic E-state index is 11.6. The third-order valence-electron chi connectivity index (χ3n) is 2.29. The molecule has 2 rings (SSSR count). The van der Waals surface area contributed by atoms with E-state index >= 15 is 0 Å². The summed E-state index contributed by atoms with van der Waals surface area (Å²) in [6.07, 6.45) is 2.12. The molecule has 0 aromatic carbocycles. The summed E-state index contributed by atoms with van der Waals surface area (Å²) in [6, 6.07) is 3.53. The van der Waals surface area contributed by atoms with Crippen molar-refractivity contribution in [3.05, 3.63) is 29.0 Å². The van der Waals surface area contributed by atoms with Crippen molar-refractivity contribution in [3.63, 3.8) is 0 Å². The number of nitrogens with one attached hydrogen (secondary N) is 1. The minimum Gasteiger partial charge on any atom is -0.362 e. The Morgan fingerprint density at radius 1 is 1.56 bits per heavy atom. The van der Waals surface area contributed by atoms with Crippen molar-refractivity contribution in [2.75, 3.05) is 6.54 Å². The molecule has 4 nitrogen and oxygen atoms in total. The predicted molar refractivity (Wildman–Crippen MR) is 65.0 cm³/mol. The van der Waals surface area contributed by atoms with Gasteiger partial charge in [-0.3, -0.25) is 9.69 Å². The van der Waals surface area contributed by atoms with Gasteiger partial charge in [-0.15, -0.1) is 0 Å². The summed E-state index contributed by atoms with van der Waals surface area (Å²) >= 11 is 10.8. The fourth-order valence-electron chi connectivity index (χ4n) is 1.46. The number of rotatable bonds is 2. The molecule has 1 aromatic rings. The smallest absolute Gasteiger partial charge is 0.230 e. The largest absolute Gasteiger partial charge is 0.362 e. The Balaban J connectivity index is 2.10. The van der Waals surface area contributed by atoms with Gasteiger partial charge >= 0.3 is 0 Å². The second kappa shape index (κ2) is 4.76. The van der Waals surface area contributed by atoms with Gasteiger partial charge in [0.2, 0.25) is 5.91 Å². The monoisotopic (exact) mass is 255 g/mol. The lowest BCUT2D eigenvalue weighted by Gasteiger charge is -2.28. The molecule has 1 fully saturated rings. The Kier molecular flexibility index (Phi) is 3.36. The van der Waals surface area contributed by atoms with Gasteiger partial charge < -0.3 is 5.32 Å². The molecule has 0 bridgehead atoms. The third kappa shape index (κ3) is 2.48. The zero-order valence-electron chi connectivity index (χ0n) is 8.44. The van der Waals surface area contributed by atoms with Crippen molar-refractivity contribution in [1.29, 1.82) is 0 Å². The molecule has 1 aliphatic rings. The van der Waals surface area contributed by atoms with E-state index in [0.717, 1.165) is 5.56 Å². The van der Waals surface area contributed by atoms with Gasteiger partial charge in [-0.1, -0.05) is 17.7 Å². The maximum Gasteiger partial charge on any atom is 0.230 e. The highest BCUT2D eigenvalue weighted by Gasteiger charge is 2.22. The Morgan fingerprint density at radius 3 is 3.00 bits per heavy atom. The van der Waals surface area contributed by atoms with Crippen molar-refractivity contribution < 1.29 is 4.79 Å². The first kappa shape index (κ1) is 11.3. The van der Waals surface area contributed by atoms with Crippen LogP contribution in [0.2, 0.25) is 5.15 Å². The quantitative estimate of drug-likeness (QED) is 0.640. The second-order valence-corrected chi connectivity index (χ2v) is 4.22. The van der Waals surface area contributed by atoms with Crippen molar-refractivity contribution in [2.24, 2.45) is 0 Å². The number of hydrogen-bond donors (Lipinski definition) is 1. The molecule has 1 aliphatic heterocycles. The summed E-state index contributed by atoms with van der Waals surface area (Å²) in [4.78, 5) is 17.1. The average Bonchev–Trinajstić information content (AvgIpc) is 2.26. The van der Waals surface area contributed by atoms with Crippen LogP contribution in [0.4, 0.5) is 0 Å². The first-order valence-corrected chi connectivity index (χ1v) is 5.64. The molecule has 0 saturated carbocycles. The highest BCUT2D eigenvalue weighted by molar-refractivity contribution is 7.80. The lowest BCUT2D eigenvalue weighted by atomic mass is 10.2. The predicted octanol–water partition coefficient (Wildman–Crippen LogP) is 1.34. The summed E-state index contributed by atoms with van der Waals surface area (Å²) in [5, 5.41) is 3.90. The Labute approximate surface area is 104 Å². The fraction of sp³-hybridized carbons (Fsp3) is 0.300. The minimum atomic E-state index is 0.0405. The van der Waals surface area contributed by atoms with E-state index in [0.29, 0.717) is 29.8 Å². The van der Waals surface area contributed by atoms with E-state index in [2.05, 4.69) is 10.3 Å². The van der Waals surface area contributed by atoms with E-state index in [1.165, 1.54) is 0 Å². The highest BCUT2D eigenvalue weighted by atomic mass is 35.5. The van der Waals surface area contributed by atoms with Gasteiger partial charge in [0.25, 0.3) is 0 Å². The lowest BCUT2D eigenvalue weighted by molar-refractivity contribution is -0.128. The van der Waals surface area contributed by atoms with Crippen LogP contribution in [-0.2, 0) is 11.3 Å². The fourth-order valence-corrected chi connectivity index (χ4v) is 1.84. The molecule has 0 spiro atoms. The number of halogens is 1. The van der Waals surface area contributed by atoms with E-state index in [1.807, 2.05) is 6.07 Å². The molecular weight excluding hydrogens is 246 g/mol. The molecule has 0 unspecified atom stereocenters. The van der Waals surface area contributed by atoms with E-state index in [-0.39, 0.29) is 5.91 Å². The van der Waals surface area contributed by atoms with E-state index in [4.69, 9.17) is 23.8 Å². The molecule has 0 aliphatic carbocycles. The first-order chi connectivity index (χ1) is 7.66. The SMILES string of the molecule is O=C1CCNC(=S)N1Cc1ccc(Cl)nc1. The molecule has 0 atom stereocenters. The van der Waals surface area contributed by atoms with Crippen LogP contribution in [0.1, 0.15) is 12.0 Å². The number of hydrogen-bond acceptors (Lipinski definition) is 3. The van der Waals surface area contributed by atoms with Crippen molar-refractivity contribution in [1.82, 2.24) is 15.2 Å². The molecular formula is C10H10ClN3OS. The molecule has 84 valence electrons. The van der Waals surface area contributed by atoms with Crippen LogP contribution in [0.25, 0.3) is 0 Å². The normalized spacial score (nSPS) is 16.2. The molecule has 1 N–H and O–H groups in total. The molecule has 0 radical (unpaired) electrons. The summed E-state index contributed by atoms with van der Waals surface area (Å²) in [7, 11) is 0. The summed E-state index contributed by atoms with van der Waals surface area (Å²) < 4.78 is 0. The minimum absolute atomic E-state index is 0.0405. The Morgan fingerprint density at radius 2 is 2.38 bits per heavy atom. The van der Waals surface area contributed by atoms with Crippen LogP contribution in [0.3, 0.4) is 0 Å². The summed E-state index contributed by atoms with van der Waals surface area (Å²) in [5.74, 6) is 0.0405. The third-order valence-corrected chi connectivity index (χ3v) is 2.88. The Hall–Kier alpha value is -1.20. The highest BCUT2D eigenvalue weighted by Crippen LogP contribution is 2.11. The van der Waals surface area contributed by atoms with Crippen LogP contribution in [0, 0.1) is 0 Å². The molecule has 2 heterocycles. The number of thiocarbonyl (C=S) groups is 1. The van der Waals surface area contributed by atoms with E-state index in [1.54, 1.807) is 17.2 Å².